The average molecular weight is 293 g/mol. The zero-order valence-corrected chi connectivity index (χ0v) is 12.1. The number of amides is 1. The van der Waals surface area contributed by atoms with E-state index in [1.807, 2.05) is 36.4 Å². The first-order valence-corrected chi connectivity index (χ1v) is 6.93. The highest BCUT2D eigenvalue weighted by atomic mass is 16.2. The lowest BCUT2D eigenvalue weighted by atomic mass is 10.1. The van der Waals surface area contributed by atoms with Crippen molar-refractivity contribution in [1.82, 2.24) is 14.9 Å². The highest BCUT2D eigenvalue weighted by Gasteiger charge is 2.12. The molecule has 3 rings (SSSR count). The summed E-state index contributed by atoms with van der Waals surface area (Å²) in [5.41, 5.74) is 0.919. The number of nitrogens with one attached hydrogen (secondary N) is 1. The molecule has 0 radical (unpaired) electrons. The summed E-state index contributed by atoms with van der Waals surface area (Å²) in [5, 5.41) is 4.15. The van der Waals surface area contributed by atoms with Crippen LogP contribution in [0.5, 0.6) is 0 Å². The molecule has 110 valence electrons. The van der Waals surface area contributed by atoms with Crippen molar-refractivity contribution in [2.75, 3.05) is 0 Å². The molecule has 1 amide bonds. The summed E-state index contributed by atoms with van der Waals surface area (Å²) >= 11 is 0. The number of benzene rings is 1. The van der Waals surface area contributed by atoms with Gasteiger partial charge in [0.2, 0.25) is 0 Å². The molecular formula is C17H15N3O2. The van der Waals surface area contributed by atoms with E-state index in [-0.39, 0.29) is 11.5 Å². The molecule has 0 aliphatic carbocycles. The maximum absolute atomic E-state index is 12.3. The van der Waals surface area contributed by atoms with Crippen molar-refractivity contribution in [1.29, 1.82) is 0 Å². The van der Waals surface area contributed by atoms with Gasteiger partial charge in [-0.2, -0.15) is 0 Å². The number of nitrogens with zero attached hydrogens (tertiary/aromatic N) is 2. The summed E-state index contributed by atoms with van der Waals surface area (Å²) in [6.07, 6.45) is 1.67. The minimum Gasteiger partial charge on any atom is -0.345 e. The molecule has 22 heavy (non-hydrogen) atoms. The third-order valence-corrected chi connectivity index (χ3v) is 3.54. The SMILES string of the molecule is Cn1c(C(=O)NCc2ccccn2)cc2ccccc2c1=O. The van der Waals surface area contributed by atoms with Gasteiger partial charge in [0.15, 0.2) is 0 Å². The van der Waals surface area contributed by atoms with E-state index >= 15 is 0 Å². The van der Waals surface area contributed by atoms with Crippen molar-refractivity contribution in [2.45, 2.75) is 6.54 Å². The normalized spacial score (nSPS) is 10.6. The molecule has 0 bridgehead atoms. The monoisotopic (exact) mass is 293 g/mol. The molecule has 0 aliphatic rings. The maximum atomic E-state index is 12.3. The molecule has 0 unspecified atom stereocenters. The van der Waals surface area contributed by atoms with E-state index in [1.54, 1.807) is 25.4 Å². The van der Waals surface area contributed by atoms with Crippen LogP contribution in [0.4, 0.5) is 0 Å². The molecule has 3 aromatic rings. The topological polar surface area (TPSA) is 64.0 Å². The number of fused-ring (bicyclic) bond motifs is 1. The standard InChI is InChI=1S/C17H15N3O2/c1-20-15(10-12-6-2-3-8-14(12)17(20)22)16(21)19-11-13-7-4-5-9-18-13/h2-10H,11H2,1H3,(H,19,21). The number of hydrogen-bond acceptors (Lipinski definition) is 3. The smallest absolute Gasteiger partial charge is 0.268 e. The zero-order chi connectivity index (χ0) is 15.5. The average Bonchev–Trinajstić information content (AvgIpc) is 2.57. The Balaban J connectivity index is 1.91. The first kappa shape index (κ1) is 14.0. The number of rotatable bonds is 3. The van der Waals surface area contributed by atoms with Crippen LogP contribution in [0.1, 0.15) is 16.2 Å². The van der Waals surface area contributed by atoms with Crippen LogP contribution in [-0.4, -0.2) is 15.5 Å². The molecule has 1 N–H and O–H groups in total. The Morgan fingerprint density at radius 1 is 1.18 bits per heavy atom. The third-order valence-electron chi connectivity index (χ3n) is 3.54. The summed E-state index contributed by atoms with van der Waals surface area (Å²) in [5.74, 6) is -0.295. The van der Waals surface area contributed by atoms with Crippen molar-refractivity contribution in [3.05, 3.63) is 76.5 Å². The Bertz CT molecular complexity index is 885. The van der Waals surface area contributed by atoms with Gasteiger partial charge in [-0.3, -0.25) is 14.6 Å². The Morgan fingerprint density at radius 3 is 2.73 bits per heavy atom. The lowest BCUT2D eigenvalue weighted by molar-refractivity contribution is 0.0941. The second kappa shape index (κ2) is 5.81. The maximum Gasteiger partial charge on any atom is 0.268 e. The third kappa shape index (κ3) is 2.61. The van der Waals surface area contributed by atoms with Crippen molar-refractivity contribution >= 4 is 16.7 Å². The minimum absolute atomic E-state index is 0.180. The number of pyridine rings is 2. The van der Waals surface area contributed by atoms with E-state index in [2.05, 4.69) is 10.3 Å². The van der Waals surface area contributed by atoms with Gasteiger partial charge in [0.05, 0.1) is 12.2 Å². The van der Waals surface area contributed by atoms with Crippen molar-refractivity contribution in [3.63, 3.8) is 0 Å². The predicted molar refractivity (Wildman–Crippen MR) is 84.6 cm³/mol. The highest BCUT2D eigenvalue weighted by molar-refractivity contribution is 5.96. The number of hydrogen-bond donors (Lipinski definition) is 1. The lowest BCUT2D eigenvalue weighted by Gasteiger charge is -2.10. The molecule has 2 aromatic heterocycles. The van der Waals surface area contributed by atoms with Crippen LogP contribution in [0.2, 0.25) is 0 Å². The molecule has 5 heteroatoms. The first-order valence-electron chi connectivity index (χ1n) is 6.93. The molecular weight excluding hydrogens is 278 g/mol. The van der Waals surface area contributed by atoms with Gasteiger partial charge in [0.1, 0.15) is 5.69 Å². The fourth-order valence-electron chi connectivity index (χ4n) is 2.33. The highest BCUT2D eigenvalue weighted by Crippen LogP contribution is 2.11. The van der Waals surface area contributed by atoms with Crippen molar-refractivity contribution < 1.29 is 4.79 Å². The summed E-state index contributed by atoms with van der Waals surface area (Å²) in [4.78, 5) is 28.8. The number of carbonyl (C=O) groups is 1. The quantitative estimate of drug-likeness (QED) is 0.801. The predicted octanol–water partition coefficient (Wildman–Crippen LogP) is 1.86. The van der Waals surface area contributed by atoms with Crippen LogP contribution in [0.15, 0.2) is 59.5 Å². The second-order valence-corrected chi connectivity index (χ2v) is 4.98. The molecule has 0 atom stereocenters. The zero-order valence-electron chi connectivity index (χ0n) is 12.1. The Morgan fingerprint density at radius 2 is 1.95 bits per heavy atom. The van der Waals surface area contributed by atoms with Crippen LogP contribution >= 0.6 is 0 Å². The van der Waals surface area contributed by atoms with Crippen LogP contribution < -0.4 is 10.9 Å². The second-order valence-electron chi connectivity index (χ2n) is 4.98. The molecule has 0 saturated carbocycles. The van der Waals surface area contributed by atoms with Gasteiger partial charge < -0.3 is 9.88 Å². The Kier molecular flexibility index (Phi) is 3.70. The fourth-order valence-corrected chi connectivity index (χ4v) is 2.33. The van der Waals surface area contributed by atoms with E-state index in [1.165, 1.54) is 4.57 Å². The Hall–Kier alpha value is -2.95. The van der Waals surface area contributed by atoms with E-state index in [0.717, 1.165) is 11.1 Å². The van der Waals surface area contributed by atoms with Crippen LogP contribution in [0.3, 0.4) is 0 Å². The van der Waals surface area contributed by atoms with Gasteiger partial charge in [-0.1, -0.05) is 24.3 Å². The summed E-state index contributed by atoms with van der Waals surface area (Å²) in [6, 6.07) is 14.5. The van der Waals surface area contributed by atoms with Gasteiger partial charge >= 0.3 is 0 Å². The lowest BCUT2D eigenvalue weighted by Crippen LogP contribution is -2.30. The van der Waals surface area contributed by atoms with Gasteiger partial charge in [0.25, 0.3) is 11.5 Å². The molecule has 0 fully saturated rings. The number of carbonyl (C=O) groups excluding carboxylic acids is 1. The fraction of sp³-hybridized carbons (Fsp3) is 0.118. The number of aromatic nitrogens is 2. The van der Waals surface area contributed by atoms with Crippen LogP contribution in [-0.2, 0) is 13.6 Å². The molecule has 2 heterocycles. The minimum atomic E-state index is -0.295. The van der Waals surface area contributed by atoms with Gasteiger partial charge in [-0.15, -0.1) is 0 Å². The first-order chi connectivity index (χ1) is 10.7. The van der Waals surface area contributed by atoms with E-state index in [4.69, 9.17) is 0 Å². The van der Waals surface area contributed by atoms with E-state index in [9.17, 15) is 9.59 Å². The van der Waals surface area contributed by atoms with Crippen molar-refractivity contribution in [2.24, 2.45) is 7.05 Å². The summed E-state index contributed by atoms with van der Waals surface area (Å²) in [7, 11) is 1.60. The van der Waals surface area contributed by atoms with Crippen LogP contribution in [0.25, 0.3) is 10.8 Å². The van der Waals surface area contributed by atoms with Gasteiger partial charge in [-0.05, 0) is 29.7 Å². The molecule has 5 nitrogen and oxygen atoms in total. The largest absolute Gasteiger partial charge is 0.345 e. The summed E-state index contributed by atoms with van der Waals surface area (Å²) < 4.78 is 1.37. The summed E-state index contributed by atoms with van der Waals surface area (Å²) in [6.45, 7) is 0.320. The molecule has 0 aliphatic heterocycles. The molecule has 0 spiro atoms. The van der Waals surface area contributed by atoms with Crippen molar-refractivity contribution in [3.8, 4) is 0 Å². The molecule has 0 saturated heterocycles. The van der Waals surface area contributed by atoms with E-state index < -0.39 is 0 Å². The van der Waals surface area contributed by atoms with Crippen LogP contribution in [0, 0.1) is 0 Å². The van der Waals surface area contributed by atoms with Gasteiger partial charge in [-0.25, -0.2) is 0 Å². The van der Waals surface area contributed by atoms with Gasteiger partial charge in [0, 0.05) is 18.6 Å². The Labute approximate surface area is 127 Å². The molecule has 1 aromatic carbocycles. The van der Waals surface area contributed by atoms with E-state index in [0.29, 0.717) is 17.6 Å².